The third kappa shape index (κ3) is 4.54. The smallest absolute Gasteiger partial charge is 0.221 e. The number of hydrogen-bond acceptors (Lipinski definition) is 1. The summed E-state index contributed by atoms with van der Waals surface area (Å²) in [6.45, 7) is 0. The molecule has 1 nitrogen and oxygen atoms in total. The largest absolute Gasteiger partial charge is 0.458 e. The first-order valence-corrected chi connectivity index (χ1v) is 9.25. The highest BCUT2D eigenvalue weighted by molar-refractivity contribution is 9.10. The zero-order chi connectivity index (χ0) is 27.4. The summed E-state index contributed by atoms with van der Waals surface area (Å²) in [6.07, 6.45) is -21.1. The van der Waals surface area contributed by atoms with Gasteiger partial charge in [0.15, 0.2) is 0 Å². The van der Waals surface area contributed by atoms with Crippen molar-refractivity contribution < 1.29 is 61.5 Å². The minimum atomic E-state index is -7.37. The molecule has 0 saturated heterocycles. The van der Waals surface area contributed by atoms with Gasteiger partial charge in [0.05, 0.1) is 11.6 Å². The molecule has 35 heavy (non-hydrogen) atoms. The minimum absolute atomic E-state index is 0.237. The summed E-state index contributed by atoms with van der Waals surface area (Å²) in [4.78, 5) is 0. The van der Waals surface area contributed by atoms with E-state index < -0.39 is 68.8 Å². The zero-order valence-corrected chi connectivity index (χ0v) is 17.6. The Morgan fingerprint density at radius 1 is 0.714 bits per heavy atom. The minimum Gasteiger partial charge on any atom is -0.221 e. The van der Waals surface area contributed by atoms with Gasteiger partial charge in [-0.05, 0) is 39.7 Å². The molecular formula is C19H5BrF14N. The van der Waals surface area contributed by atoms with Gasteiger partial charge in [-0.15, -0.1) is 0 Å². The molecule has 2 aromatic carbocycles. The lowest BCUT2D eigenvalue weighted by Gasteiger charge is -2.38. The molecule has 1 atom stereocenters. The van der Waals surface area contributed by atoms with Gasteiger partial charge < -0.3 is 0 Å². The molecule has 16 heteroatoms. The van der Waals surface area contributed by atoms with Gasteiger partial charge in [-0.25, -0.2) is 4.39 Å². The molecule has 2 aromatic rings. The number of nitriles is 1. The first-order chi connectivity index (χ1) is 15.5. The van der Waals surface area contributed by atoms with Gasteiger partial charge in [-0.1, -0.05) is 12.1 Å². The molecule has 0 amide bonds. The molecular weight excluding hydrogens is 588 g/mol. The van der Waals surface area contributed by atoms with Gasteiger partial charge in [-0.3, -0.25) is 0 Å². The van der Waals surface area contributed by atoms with Crippen molar-refractivity contribution in [1.82, 2.24) is 0 Å². The van der Waals surface area contributed by atoms with E-state index in [-0.39, 0.29) is 5.56 Å². The van der Waals surface area contributed by atoms with Crippen molar-refractivity contribution in [3.63, 3.8) is 0 Å². The number of rotatable bonds is 4. The SMILES string of the molecule is N#Cc1ccc(-c2c(Br)[c]c(C(F)(F)C(F)(F)F)cc2C(F)(C(F)(F)F)C(F)(F)C(F)(F)F)cc1. The van der Waals surface area contributed by atoms with Crippen LogP contribution in [0.4, 0.5) is 61.5 Å². The fraction of sp³-hybridized carbons (Fsp3) is 0.316. The predicted molar refractivity (Wildman–Crippen MR) is 92.9 cm³/mol. The van der Waals surface area contributed by atoms with E-state index in [0.717, 1.165) is 12.1 Å². The van der Waals surface area contributed by atoms with Crippen LogP contribution in [0.2, 0.25) is 0 Å². The monoisotopic (exact) mass is 592 g/mol. The van der Waals surface area contributed by atoms with Gasteiger partial charge in [0.1, 0.15) is 0 Å². The first-order valence-electron chi connectivity index (χ1n) is 8.46. The molecule has 0 aliphatic rings. The quantitative estimate of drug-likeness (QED) is 0.327. The summed E-state index contributed by atoms with van der Waals surface area (Å²) in [5, 5.41) is 8.75. The Hall–Kier alpha value is -2.57. The van der Waals surface area contributed by atoms with Gasteiger partial charge in [0.25, 0.3) is 0 Å². The van der Waals surface area contributed by atoms with Crippen LogP contribution < -0.4 is 0 Å². The van der Waals surface area contributed by atoms with Crippen LogP contribution in [0.5, 0.6) is 0 Å². The number of hydrogen-bond donors (Lipinski definition) is 0. The van der Waals surface area contributed by atoms with Crippen LogP contribution in [-0.4, -0.2) is 24.5 Å². The molecule has 2 rings (SSSR count). The van der Waals surface area contributed by atoms with Crippen LogP contribution in [0.15, 0.2) is 34.8 Å². The Morgan fingerprint density at radius 2 is 1.20 bits per heavy atom. The van der Waals surface area contributed by atoms with E-state index in [1.807, 2.05) is 0 Å². The fourth-order valence-corrected chi connectivity index (χ4v) is 3.49. The third-order valence-electron chi connectivity index (χ3n) is 4.57. The molecule has 0 aliphatic heterocycles. The van der Waals surface area contributed by atoms with Crippen molar-refractivity contribution in [3.8, 4) is 17.2 Å². The molecule has 0 spiro atoms. The average molecular weight is 593 g/mol. The van der Waals surface area contributed by atoms with Crippen molar-refractivity contribution in [2.24, 2.45) is 0 Å². The Labute approximate surface area is 194 Å². The van der Waals surface area contributed by atoms with E-state index in [1.54, 1.807) is 0 Å². The molecule has 0 N–H and O–H groups in total. The van der Waals surface area contributed by atoms with Crippen molar-refractivity contribution >= 4 is 15.9 Å². The summed E-state index contributed by atoms with van der Waals surface area (Å²) in [7, 11) is 0. The molecule has 191 valence electrons. The average Bonchev–Trinajstić information content (AvgIpc) is 2.70. The Bertz CT molecular complexity index is 1140. The highest BCUT2D eigenvalue weighted by Crippen LogP contribution is 2.61. The van der Waals surface area contributed by atoms with Crippen molar-refractivity contribution in [2.45, 2.75) is 36.0 Å². The summed E-state index contributed by atoms with van der Waals surface area (Å²) in [5.41, 5.74) is -15.1. The van der Waals surface area contributed by atoms with Crippen LogP contribution in [-0.2, 0) is 11.6 Å². The molecule has 0 bridgehead atoms. The maximum Gasteiger partial charge on any atom is 0.458 e. The van der Waals surface area contributed by atoms with Gasteiger partial charge in [0, 0.05) is 27.2 Å². The Balaban J connectivity index is 3.15. The molecule has 0 heterocycles. The van der Waals surface area contributed by atoms with Gasteiger partial charge in [-0.2, -0.15) is 62.3 Å². The molecule has 0 fully saturated rings. The topological polar surface area (TPSA) is 23.8 Å². The summed E-state index contributed by atoms with van der Waals surface area (Å²) >= 11 is 2.22. The summed E-state index contributed by atoms with van der Waals surface area (Å²) in [5.74, 6) is -13.5. The number of alkyl halides is 14. The molecule has 0 aromatic heterocycles. The summed E-state index contributed by atoms with van der Waals surface area (Å²) in [6, 6.07) is 4.42. The number of halogens is 15. The zero-order valence-electron chi connectivity index (χ0n) is 16.0. The molecule has 1 unspecified atom stereocenters. The van der Waals surface area contributed by atoms with Crippen LogP contribution in [0.1, 0.15) is 16.7 Å². The number of nitrogens with zero attached hydrogens (tertiary/aromatic N) is 1. The van der Waals surface area contributed by atoms with E-state index in [2.05, 4.69) is 15.9 Å². The van der Waals surface area contributed by atoms with Gasteiger partial charge >= 0.3 is 36.0 Å². The maximum absolute atomic E-state index is 15.2. The van der Waals surface area contributed by atoms with Crippen molar-refractivity contribution in [1.29, 1.82) is 5.26 Å². The highest BCUT2D eigenvalue weighted by Gasteiger charge is 2.82. The normalized spacial score (nSPS) is 15.5. The van der Waals surface area contributed by atoms with Crippen LogP contribution >= 0.6 is 15.9 Å². The van der Waals surface area contributed by atoms with Crippen LogP contribution in [0, 0.1) is 17.4 Å². The van der Waals surface area contributed by atoms with Crippen molar-refractivity contribution in [2.75, 3.05) is 0 Å². The Morgan fingerprint density at radius 3 is 1.57 bits per heavy atom. The van der Waals surface area contributed by atoms with E-state index >= 15 is 4.39 Å². The van der Waals surface area contributed by atoms with E-state index in [9.17, 15) is 57.1 Å². The third-order valence-corrected chi connectivity index (χ3v) is 5.16. The highest BCUT2D eigenvalue weighted by atomic mass is 79.9. The van der Waals surface area contributed by atoms with Crippen LogP contribution in [0.25, 0.3) is 11.1 Å². The lowest BCUT2D eigenvalue weighted by Crippen LogP contribution is -2.60. The molecule has 0 saturated carbocycles. The van der Waals surface area contributed by atoms with E-state index in [4.69, 9.17) is 5.26 Å². The van der Waals surface area contributed by atoms with Crippen molar-refractivity contribution in [3.05, 3.63) is 57.6 Å². The molecule has 0 aliphatic carbocycles. The van der Waals surface area contributed by atoms with Gasteiger partial charge in [0.2, 0.25) is 0 Å². The Kier molecular flexibility index (Phi) is 6.98. The lowest BCUT2D eigenvalue weighted by atomic mass is 9.81. The van der Waals surface area contributed by atoms with E-state index in [0.29, 0.717) is 12.1 Å². The first kappa shape index (κ1) is 28.7. The van der Waals surface area contributed by atoms with Crippen LogP contribution in [0.3, 0.4) is 0 Å². The van der Waals surface area contributed by atoms with E-state index in [1.165, 1.54) is 12.1 Å². The number of benzene rings is 2. The second-order valence-corrected chi connectivity index (χ2v) is 7.57. The molecule has 1 radical (unpaired) electrons. The standard InChI is InChI=1S/C19H5BrF14N/c20-12-6-10(15(22,23)18(29,30)31)5-11(13(12)9-3-1-8(7-35)2-4-9)14(21,17(26,27)28)16(24,25)19(32,33)34/h1-5H. The second kappa shape index (κ2) is 8.52. The second-order valence-electron chi connectivity index (χ2n) is 6.78. The lowest BCUT2D eigenvalue weighted by molar-refractivity contribution is -0.389. The fourth-order valence-electron chi connectivity index (χ4n) is 2.83. The predicted octanol–water partition coefficient (Wildman–Crippen LogP) is 8.37. The maximum atomic E-state index is 15.2. The summed E-state index contributed by atoms with van der Waals surface area (Å²) < 4.78 is 188.